The monoisotopic (exact) mass is 333 g/mol. The van der Waals surface area contributed by atoms with Crippen molar-refractivity contribution in [1.82, 2.24) is 0 Å². The molecule has 0 saturated carbocycles. The fraction of sp³-hybridized carbons (Fsp3) is 0.250. The Bertz CT molecular complexity index is 615. The molecule has 0 aromatic heterocycles. The molecule has 1 unspecified atom stereocenters. The predicted molar refractivity (Wildman–Crippen MR) is 83.9 cm³/mol. The number of para-hydroxylation sites is 1. The topological polar surface area (TPSA) is 30.5 Å². The summed E-state index contributed by atoms with van der Waals surface area (Å²) in [5, 5.41) is 3.45. The van der Waals surface area contributed by atoms with E-state index in [0.717, 1.165) is 34.8 Å². The largest absolute Gasteiger partial charge is 0.495 e. The highest BCUT2D eigenvalue weighted by molar-refractivity contribution is 9.10. The van der Waals surface area contributed by atoms with Crippen LogP contribution in [0.5, 0.6) is 11.5 Å². The van der Waals surface area contributed by atoms with Crippen LogP contribution < -0.4 is 14.8 Å². The first-order valence-electron chi connectivity index (χ1n) is 6.57. The summed E-state index contributed by atoms with van der Waals surface area (Å²) in [6, 6.07) is 14.2. The molecule has 2 aromatic rings. The van der Waals surface area contributed by atoms with E-state index in [1.54, 1.807) is 7.11 Å². The van der Waals surface area contributed by atoms with Crippen molar-refractivity contribution in [1.29, 1.82) is 0 Å². The van der Waals surface area contributed by atoms with Crippen molar-refractivity contribution in [2.75, 3.05) is 25.6 Å². The normalized spacial score (nSPS) is 16.4. The summed E-state index contributed by atoms with van der Waals surface area (Å²) in [4.78, 5) is 0. The first-order valence-corrected chi connectivity index (χ1v) is 7.36. The van der Waals surface area contributed by atoms with E-state index in [2.05, 4.69) is 33.4 Å². The molecule has 1 N–H and O–H groups in total. The van der Waals surface area contributed by atoms with Gasteiger partial charge in [-0.3, -0.25) is 0 Å². The Morgan fingerprint density at radius 3 is 3.00 bits per heavy atom. The van der Waals surface area contributed by atoms with Crippen LogP contribution in [0.4, 0.5) is 5.69 Å². The molecular formula is C16H16BrNO2. The molecule has 0 radical (unpaired) electrons. The molecular weight excluding hydrogens is 318 g/mol. The molecule has 20 heavy (non-hydrogen) atoms. The van der Waals surface area contributed by atoms with Gasteiger partial charge >= 0.3 is 0 Å². The van der Waals surface area contributed by atoms with Gasteiger partial charge in [0.2, 0.25) is 0 Å². The van der Waals surface area contributed by atoms with Crippen LogP contribution in [0.15, 0.2) is 46.9 Å². The van der Waals surface area contributed by atoms with E-state index < -0.39 is 0 Å². The number of methoxy groups -OCH3 is 1. The fourth-order valence-corrected chi connectivity index (χ4v) is 2.82. The highest BCUT2D eigenvalue weighted by Gasteiger charge is 2.23. The van der Waals surface area contributed by atoms with Crippen LogP contribution >= 0.6 is 15.9 Å². The second kappa shape index (κ2) is 5.75. The molecule has 4 heteroatoms. The van der Waals surface area contributed by atoms with Crippen LogP contribution in [0.25, 0.3) is 0 Å². The van der Waals surface area contributed by atoms with Gasteiger partial charge in [-0.15, -0.1) is 0 Å². The molecule has 1 heterocycles. The van der Waals surface area contributed by atoms with Crippen molar-refractivity contribution in [3.05, 3.63) is 52.5 Å². The van der Waals surface area contributed by atoms with Crippen molar-refractivity contribution in [2.45, 2.75) is 5.92 Å². The number of ether oxygens (including phenoxy) is 2. The minimum atomic E-state index is 0.390. The van der Waals surface area contributed by atoms with Gasteiger partial charge < -0.3 is 14.8 Å². The summed E-state index contributed by atoms with van der Waals surface area (Å²) in [6.45, 7) is 1.59. The van der Waals surface area contributed by atoms with Gasteiger partial charge in [-0.2, -0.15) is 0 Å². The van der Waals surface area contributed by atoms with Crippen molar-refractivity contribution < 1.29 is 9.47 Å². The molecule has 0 amide bonds. The highest BCUT2D eigenvalue weighted by atomic mass is 79.9. The lowest BCUT2D eigenvalue weighted by atomic mass is 10.0. The summed E-state index contributed by atoms with van der Waals surface area (Å²) in [5.74, 6) is 2.23. The summed E-state index contributed by atoms with van der Waals surface area (Å²) in [6.07, 6.45) is 0. The lowest BCUT2D eigenvalue weighted by molar-refractivity contribution is 0.334. The van der Waals surface area contributed by atoms with Gasteiger partial charge in [-0.1, -0.05) is 18.2 Å². The molecule has 0 saturated heterocycles. The predicted octanol–water partition coefficient (Wildman–Crippen LogP) is 4.05. The number of anilines is 1. The molecule has 3 rings (SSSR count). The SMILES string of the molecule is COc1cc(NCC2COc3ccccc32)ccc1Br. The van der Waals surface area contributed by atoms with Gasteiger partial charge in [0.05, 0.1) is 18.2 Å². The molecule has 0 aliphatic carbocycles. The van der Waals surface area contributed by atoms with E-state index in [0.29, 0.717) is 5.92 Å². The van der Waals surface area contributed by atoms with E-state index >= 15 is 0 Å². The van der Waals surface area contributed by atoms with E-state index in [1.165, 1.54) is 5.56 Å². The van der Waals surface area contributed by atoms with E-state index in [9.17, 15) is 0 Å². The van der Waals surface area contributed by atoms with Crippen LogP contribution in [-0.4, -0.2) is 20.3 Å². The Kier molecular flexibility index (Phi) is 3.83. The number of benzene rings is 2. The second-order valence-electron chi connectivity index (χ2n) is 4.78. The lowest BCUT2D eigenvalue weighted by Crippen LogP contribution is -2.13. The third-order valence-electron chi connectivity index (χ3n) is 3.50. The third kappa shape index (κ3) is 2.61. The Hall–Kier alpha value is -1.68. The zero-order chi connectivity index (χ0) is 13.9. The second-order valence-corrected chi connectivity index (χ2v) is 5.63. The Morgan fingerprint density at radius 2 is 2.15 bits per heavy atom. The van der Waals surface area contributed by atoms with Gasteiger partial charge in [0.1, 0.15) is 11.5 Å². The van der Waals surface area contributed by atoms with Gasteiger partial charge in [-0.25, -0.2) is 0 Å². The number of fused-ring (bicyclic) bond motifs is 1. The average molecular weight is 334 g/mol. The Labute approximate surface area is 127 Å². The first kappa shape index (κ1) is 13.3. The zero-order valence-electron chi connectivity index (χ0n) is 11.2. The van der Waals surface area contributed by atoms with Crippen molar-refractivity contribution in [3.8, 4) is 11.5 Å². The standard InChI is InChI=1S/C16H16BrNO2/c1-19-16-8-12(6-7-14(16)17)18-9-11-10-20-15-5-3-2-4-13(11)15/h2-8,11,18H,9-10H2,1H3. The first-order chi connectivity index (χ1) is 9.78. The molecule has 0 bridgehead atoms. The van der Waals surface area contributed by atoms with Crippen LogP contribution in [0.3, 0.4) is 0 Å². The molecule has 104 valence electrons. The van der Waals surface area contributed by atoms with Gasteiger partial charge in [0.25, 0.3) is 0 Å². The highest BCUT2D eigenvalue weighted by Crippen LogP contribution is 2.34. The molecule has 0 fully saturated rings. The maximum atomic E-state index is 5.69. The van der Waals surface area contributed by atoms with E-state index in [1.807, 2.05) is 30.3 Å². The molecule has 1 aliphatic rings. The number of rotatable bonds is 4. The smallest absolute Gasteiger partial charge is 0.135 e. The third-order valence-corrected chi connectivity index (χ3v) is 4.16. The fourth-order valence-electron chi connectivity index (χ4n) is 2.41. The molecule has 1 aliphatic heterocycles. The maximum Gasteiger partial charge on any atom is 0.135 e. The van der Waals surface area contributed by atoms with Crippen molar-refractivity contribution in [2.24, 2.45) is 0 Å². The Morgan fingerprint density at radius 1 is 1.30 bits per heavy atom. The summed E-state index contributed by atoms with van der Waals surface area (Å²) < 4.78 is 12.0. The van der Waals surface area contributed by atoms with Crippen LogP contribution in [0, 0.1) is 0 Å². The number of halogens is 1. The zero-order valence-corrected chi connectivity index (χ0v) is 12.8. The molecule has 2 aromatic carbocycles. The summed E-state index contributed by atoms with van der Waals surface area (Å²) in [7, 11) is 1.67. The van der Waals surface area contributed by atoms with E-state index in [4.69, 9.17) is 9.47 Å². The summed E-state index contributed by atoms with van der Waals surface area (Å²) >= 11 is 3.46. The summed E-state index contributed by atoms with van der Waals surface area (Å²) in [5.41, 5.74) is 2.33. The number of nitrogens with one attached hydrogen (secondary N) is 1. The minimum Gasteiger partial charge on any atom is -0.495 e. The Balaban J connectivity index is 1.69. The van der Waals surface area contributed by atoms with Crippen molar-refractivity contribution >= 4 is 21.6 Å². The van der Waals surface area contributed by atoms with Gasteiger partial charge in [-0.05, 0) is 34.1 Å². The lowest BCUT2D eigenvalue weighted by Gasteiger charge is -2.13. The average Bonchev–Trinajstić information content (AvgIpc) is 2.90. The number of hydrogen-bond donors (Lipinski definition) is 1. The van der Waals surface area contributed by atoms with Crippen LogP contribution in [0.2, 0.25) is 0 Å². The molecule has 0 spiro atoms. The van der Waals surface area contributed by atoms with Crippen LogP contribution in [0.1, 0.15) is 11.5 Å². The van der Waals surface area contributed by atoms with Crippen LogP contribution in [-0.2, 0) is 0 Å². The van der Waals surface area contributed by atoms with Gasteiger partial charge in [0.15, 0.2) is 0 Å². The van der Waals surface area contributed by atoms with Gasteiger partial charge in [0, 0.05) is 29.8 Å². The van der Waals surface area contributed by atoms with Crippen molar-refractivity contribution in [3.63, 3.8) is 0 Å². The molecule has 1 atom stereocenters. The quantitative estimate of drug-likeness (QED) is 0.915. The van der Waals surface area contributed by atoms with E-state index in [-0.39, 0.29) is 0 Å². The minimum absolute atomic E-state index is 0.390. The molecule has 3 nitrogen and oxygen atoms in total. The number of hydrogen-bond acceptors (Lipinski definition) is 3. The maximum absolute atomic E-state index is 5.69.